The van der Waals surface area contributed by atoms with Gasteiger partial charge in [-0.3, -0.25) is 14.4 Å². The van der Waals surface area contributed by atoms with Gasteiger partial charge in [-0.05, 0) is 80.7 Å². The summed E-state index contributed by atoms with van der Waals surface area (Å²) < 4.78 is 5.42. The number of H-pyrrole nitrogens is 1. The molecule has 2 fully saturated rings. The van der Waals surface area contributed by atoms with Crippen LogP contribution in [0, 0.1) is 18.8 Å². The van der Waals surface area contributed by atoms with Crippen molar-refractivity contribution < 1.29 is 24.2 Å². The largest absolute Gasteiger partial charge is 0.495 e. The minimum Gasteiger partial charge on any atom is -0.495 e. The van der Waals surface area contributed by atoms with E-state index in [0.29, 0.717) is 43.0 Å². The van der Waals surface area contributed by atoms with E-state index in [2.05, 4.69) is 22.4 Å². The number of aromatic amines is 1. The SMILES string of the molecule is COc1cccc2c(C)c(C(=O)Nc3ccc(C4CCN(C(=O)[C@H]5CC[C@H](C(=O)O)CC5)CC4)cc3)[nH]c12. The van der Waals surface area contributed by atoms with Crippen LogP contribution < -0.4 is 10.1 Å². The number of anilines is 1. The molecule has 1 saturated heterocycles. The van der Waals surface area contributed by atoms with Gasteiger partial charge in [-0.15, -0.1) is 0 Å². The van der Waals surface area contributed by atoms with Gasteiger partial charge >= 0.3 is 5.97 Å². The molecule has 5 rings (SSSR count). The van der Waals surface area contributed by atoms with Crippen molar-refractivity contribution in [2.75, 3.05) is 25.5 Å². The second kappa shape index (κ2) is 10.9. The zero-order valence-corrected chi connectivity index (χ0v) is 22.0. The molecule has 0 spiro atoms. The number of hydrogen-bond donors (Lipinski definition) is 3. The number of fused-ring (bicyclic) bond motifs is 1. The Morgan fingerprint density at radius 2 is 1.61 bits per heavy atom. The number of carbonyl (C=O) groups excluding carboxylic acids is 2. The van der Waals surface area contributed by atoms with Gasteiger partial charge in [-0.1, -0.05) is 24.3 Å². The van der Waals surface area contributed by atoms with Crippen molar-refractivity contribution in [1.29, 1.82) is 0 Å². The van der Waals surface area contributed by atoms with Crippen LogP contribution >= 0.6 is 0 Å². The monoisotopic (exact) mass is 517 g/mol. The summed E-state index contributed by atoms with van der Waals surface area (Å²) >= 11 is 0. The van der Waals surface area contributed by atoms with E-state index in [1.165, 1.54) is 5.56 Å². The summed E-state index contributed by atoms with van der Waals surface area (Å²) in [4.78, 5) is 42.4. The number of aromatic nitrogens is 1. The number of nitrogens with zero attached hydrogens (tertiary/aromatic N) is 1. The van der Waals surface area contributed by atoms with Crippen LogP contribution in [-0.4, -0.2) is 53.0 Å². The van der Waals surface area contributed by atoms with Gasteiger partial charge in [0.05, 0.1) is 18.5 Å². The number of aliphatic carboxylic acids is 1. The number of likely N-dealkylation sites (tertiary alicyclic amines) is 1. The molecule has 0 atom stereocenters. The van der Waals surface area contributed by atoms with Crippen LogP contribution in [0.3, 0.4) is 0 Å². The summed E-state index contributed by atoms with van der Waals surface area (Å²) in [5, 5.41) is 13.2. The quantitative estimate of drug-likeness (QED) is 0.409. The number of methoxy groups -OCH3 is 1. The maximum Gasteiger partial charge on any atom is 0.306 e. The van der Waals surface area contributed by atoms with Crippen LogP contribution in [0.1, 0.15) is 66.1 Å². The van der Waals surface area contributed by atoms with E-state index in [1.807, 2.05) is 42.2 Å². The van der Waals surface area contributed by atoms with Crippen molar-refractivity contribution in [3.63, 3.8) is 0 Å². The molecule has 3 aromatic rings. The second-order valence-electron chi connectivity index (χ2n) is 10.6. The zero-order chi connectivity index (χ0) is 26.8. The average molecular weight is 518 g/mol. The topological polar surface area (TPSA) is 112 Å². The van der Waals surface area contributed by atoms with Crippen molar-refractivity contribution in [2.24, 2.45) is 11.8 Å². The number of rotatable bonds is 6. The van der Waals surface area contributed by atoms with E-state index < -0.39 is 5.97 Å². The highest BCUT2D eigenvalue weighted by Crippen LogP contribution is 2.34. The lowest BCUT2D eigenvalue weighted by atomic mass is 9.81. The number of hydrogen-bond acceptors (Lipinski definition) is 4. The van der Waals surface area contributed by atoms with Gasteiger partial charge in [0.2, 0.25) is 5.91 Å². The number of carbonyl (C=O) groups is 3. The van der Waals surface area contributed by atoms with Gasteiger partial charge < -0.3 is 25.0 Å². The first-order chi connectivity index (χ1) is 18.4. The highest BCUT2D eigenvalue weighted by molar-refractivity contribution is 6.08. The molecular formula is C30H35N3O5. The second-order valence-corrected chi connectivity index (χ2v) is 10.6. The molecule has 1 aromatic heterocycles. The lowest BCUT2D eigenvalue weighted by Gasteiger charge is -2.36. The third kappa shape index (κ3) is 5.12. The maximum atomic E-state index is 13.0. The van der Waals surface area contributed by atoms with Crippen molar-refractivity contribution >= 4 is 34.4 Å². The fourth-order valence-electron chi connectivity index (χ4n) is 6.03. The molecule has 0 bridgehead atoms. The summed E-state index contributed by atoms with van der Waals surface area (Å²) in [6.45, 7) is 3.38. The molecule has 1 aliphatic carbocycles. The Bertz CT molecular complexity index is 1330. The standard InChI is InChI=1S/C30H35N3O5/c1-18-24-4-3-5-25(38-2)27(24)32-26(18)28(34)31-23-12-10-19(11-13-23)20-14-16-33(17-15-20)29(35)21-6-8-22(9-7-21)30(36)37/h3-5,10-13,20-22,32H,6-9,14-17H2,1-2H3,(H,31,34)(H,36,37)/t21-,22-. The highest BCUT2D eigenvalue weighted by atomic mass is 16.5. The molecule has 2 amide bonds. The Morgan fingerprint density at radius 1 is 0.947 bits per heavy atom. The van der Waals surface area contributed by atoms with Gasteiger partial charge in [0.15, 0.2) is 0 Å². The Hall–Kier alpha value is -3.81. The van der Waals surface area contributed by atoms with E-state index >= 15 is 0 Å². The number of benzene rings is 2. The predicted octanol–water partition coefficient (Wildman–Crippen LogP) is 5.33. The van der Waals surface area contributed by atoms with Crippen LogP contribution in [-0.2, 0) is 9.59 Å². The minimum atomic E-state index is -0.740. The number of para-hydroxylation sites is 1. The van der Waals surface area contributed by atoms with Crippen LogP contribution in [0.15, 0.2) is 42.5 Å². The summed E-state index contributed by atoms with van der Waals surface area (Å²) in [5.41, 5.74) is 4.15. The van der Waals surface area contributed by atoms with Gasteiger partial charge in [0, 0.05) is 30.1 Å². The van der Waals surface area contributed by atoms with E-state index in [1.54, 1.807) is 7.11 Å². The smallest absolute Gasteiger partial charge is 0.306 e. The lowest BCUT2D eigenvalue weighted by Crippen LogP contribution is -2.42. The number of ether oxygens (including phenoxy) is 1. The van der Waals surface area contributed by atoms with E-state index in [-0.39, 0.29) is 23.7 Å². The number of piperidine rings is 1. The summed E-state index contributed by atoms with van der Waals surface area (Å²) in [6.07, 6.45) is 4.34. The average Bonchev–Trinajstić information content (AvgIpc) is 3.30. The lowest BCUT2D eigenvalue weighted by molar-refractivity contribution is -0.146. The normalized spacial score (nSPS) is 20.3. The molecule has 0 unspecified atom stereocenters. The third-order valence-corrected chi connectivity index (χ3v) is 8.37. The van der Waals surface area contributed by atoms with Gasteiger partial charge in [-0.25, -0.2) is 0 Å². The summed E-state index contributed by atoms with van der Waals surface area (Å²) in [7, 11) is 1.61. The maximum absolute atomic E-state index is 13.0. The number of amides is 2. The molecule has 2 aliphatic rings. The molecule has 2 heterocycles. The fraction of sp³-hybridized carbons (Fsp3) is 0.433. The molecule has 1 aliphatic heterocycles. The third-order valence-electron chi connectivity index (χ3n) is 8.37. The Labute approximate surface area is 222 Å². The molecule has 200 valence electrons. The highest BCUT2D eigenvalue weighted by Gasteiger charge is 2.33. The first-order valence-electron chi connectivity index (χ1n) is 13.4. The van der Waals surface area contributed by atoms with Crippen molar-refractivity contribution in [2.45, 2.75) is 51.4 Å². The molecular weight excluding hydrogens is 482 g/mol. The van der Waals surface area contributed by atoms with Gasteiger partial charge in [-0.2, -0.15) is 0 Å². The minimum absolute atomic E-state index is 0.0352. The number of carboxylic acids is 1. The molecule has 1 saturated carbocycles. The first kappa shape index (κ1) is 25.8. The van der Waals surface area contributed by atoms with Crippen molar-refractivity contribution in [3.05, 3.63) is 59.3 Å². The Balaban J connectivity index is 1.16. The van der Waals surface area contributed by atoms with E-state index in [0.717, 1.165) is 48.1 Å². The molecule has 3 N–H and O–H groups in total. The van der Waals surface area contributed by atoms with Gasteiger partial charge in [0.25, 0.3) is 5.91 Å². The molecule has 8 heteroatoms. The fourth-order valence-corrected chi connectivity index (χ4v) is 6.03. The zero-order valence-electron chi connectivity index (χ0n) is 22.0. The molecule has 0 radical (unpaired) electrons. The summed E-state index contributed by atoms with van der Waals surface area (Å²) in [5.74, 6) is -0.00858. The molecule has 2 aromatic carbocycles. The van der Waals surface area contributed by atoms with Gasteiger partial charge in [0.1, 0.15) is 11.4 Å². The number of aryl methyl sites for hydroxylation is 1. The predicted molar refractivity (Wildman–Crippen MR) is 146 cm³/mol. The van der Waals surface area contributed by atoms with Crippen molar-refractivity contribution in [3.8, 4) is 5.75 Å². The van der Waals surface area contributed by atoms with Crippen molar-refractivity contribution in [1.82, 2.24) is 9.88 Å². The van der Waals surface area contributed by atoms with Crippen LogP contribution in [0.5, 0.6) is 5.75 Å². The molecule has 38 heavy (non-hydrogen) atoms. The van der Waals surface area contributed by atoms with Crippen LogP contribution in [0.4, 0.5) is 5.69 Å². The number of nitrogens with one attached hydrogen (secondary N) is 2. The Kier molecular flexibility index (Phi) is 7.40. The van der Waals surface area contributed by atoms with Crippen LogP contribution in [0.2, 0.25) is 0 Å². The first-order valence-corrected chi connectivity index (χ1v) is 13.4. The molecule has 8 nitrogen and oxygen atoms in total. The van der Waals surface area contributed by atoms with E-state index in [4.69, 9.17) is 4.74 Å². The van der Waals surface area contributed by atoms with E-state index in [9.17, 15) is 19.5 Å². The summed E-state index contributed by atoms with van der Waals surface area (Å²) in [6, 6.07) is 13.7. The number of carboxylic acid groups (broad SMARTS) is 1. The van der Waals surface area contributed by atoms with Crippen LogP contribution in [0.25, 0.3) is 10.9 Å². The Morgan fingerprint density at radius 3 is 2.24 bits per heavy atom.